The lowest BCUT2D eigenvalue weighted by Crippen LogP contribution is -2.04. The molecule has 0 aromatic carbocycles. The Balaban J connectivity index is 2.30. The number of nitrogens with zero attached hydrogens (tertiary/aromatic N) is 2. The molecule has 88 valence electrons. The maximum atomic E-state index is 11.4. The summed E-state index contributed by atoms with van der Waals surface area (Å²) in [5.41, 5.74) is 1.93. The van der Waals surface area contributed by atoms with E-state index in [9.17, 15) is 4.79 Å². The zero-order valence-electron chi connectivity index (χ0n) is 9.64. The first-order chi connectivity index (χ1) is 8.22. The van der Waals surface area contributed by atoms with Crippen LogP contribution in [0.2, 0.25) is 0 Å². The molecule has 17 heavy (non-hydrogen) atoms. The average Bonchev–Trinajstić information content (AvgIpc) is 2.79. The number of hydrogen-bond donors (Lipinski definition) is 0. The zero-order valence-corrected chi connectivity index (χ0v) is 9.64. The van der Waals surface area contributed by atoms with Gasteiger partial charge in [0.05, 0.1) is 6.61 Å². The van der Waals surface area contributed by atoms with Crippen LogP contribution in [0.4, 0.5) is 0 Å². The van der Waals surface area contributed by atoms with E-state index in [0.29, 0.717) is 12.5 Å². The molecule has 0 saturated heterocycles. The molecule has 0 aliphatic heterocycles. The lowest BCUT2D eigenvalue weighted by Gasteiger charge is -1.98. The predicted molar refractivity (Wildman–Crippen MR) is 60.4 cm³/mol. The van der Waals surface area contributed by atoms with E-state index in [0.717, 1.165) is 11.1 Å². The van der Waals surface area contributed by atoms with Gasteiger partial charge in [-0.3, -0.25) is 4.98 Å². The Labute approximate surface area is 98.5 Å². The molecule has 2 aromatic heterocycles. The fourth-order valence-corrected chi connectivity index (χ4v) is 1.41. The van der Waals surface area contributed by atoms with Crippen LogP contribution >= 0.6 is 0 Å². The van der Waals surface area contributed by atoms with Crippen molar-refractivity contribution in [2.45, 2.75) is 13.8 Å². The van der Waals surface area contributed by atoms with Gasteiger partial charge in [0.1, 0.15) is 6.26 Å². The Hall–Kier alpha value is -2.17. The number of hydrogen-bond acceptors (Lipinski definition) is 5. The van der Waals surface area contributed by atoms with E-state index in [4.69, 9.17) is 9.15 Å². The molecule has 0 fully saturated rings. The van der Waals surface area contributed by atoms with E-state index < -0.39 is 5.97 Å². The Morgan fingerprint density at radius 1 is 1.53 bits per heavy atom. The van der Waals surface area contributed by atoms with E-state index in [2.05, 4.69) is 9.97 Å². The van der Waals surface area contributed by atoms with Crippen LogP contribution in [0.15, 0.2) is 29.1 Å². The number of carbonyl (C=O) groups is 1. The van der Waals surface area contributed by atoms with Gasteiger partial charge < -0.3 is 9.15 Å². The summed E-state index contributed by atoms with van der Waals surface area (Å²) in [7, 11) is 0. The molecule has 0 N–H and O–H groups in total. The van der Waals surface area contributed by atoms with Crippen LogP contribution in [0.3, 0.4) is 0 Å². The van der Waals surface area contributed by atoms with Crippen molar-refractivity contribution in [2.24, 2.45) is 0 Å². The summed E-state index contributed by atoms with van der Waals surface area (Å²) in [4.78, 5) is 19.5. The molecule has 2 aromatic rings. The van der Waals surface area contributed by atoms with Gasteiger partial charge in [0.25, 0.3) is 0 Å². The minimum Gasteiger partial charge on any atom is -0.461 e. The Morgan fingerprint density at radius 3 is 3.06 bits per heavy atom. The summed E-state index contributed by atoms with van der Waals surface area (Å²) in [5.74, 6) is -0.0813. The smallest absolute Gasteiger partial charge is 0.360 e. The SMILES string of the molecule is CCOC(=O)c1coc(-c2ccncc2C)n1. The monoisotopic (exact) mass is 232 g/mol. The molecule has 0 unspecified atom stereocenters. The molecule has 0 amide bonds. The van der Waals surface area contributed by atoms with Gasteiger partial charge in [0, 0.05) is 18.0 Å². The minimum absolute atomic E-state index is 0.179. The van der Waals surface area contributed by atoms with Crippen LogP contribution < -0.4 is 0 Å². The Bertz CT molecular complexity index is 534. The predicted octanol–water partition coefficient (Wildman–Crippen LogP) is 2.22. The zero-order chi connectivity index (χ0) is 12.3. The highest BCUT2D eigenvalue weighted by Crippen LogP contribution is 2.21. The topological polar surface area (TPSA) is 65.2 Å². The summed E-state index contributed by atoms with van der Waals surface area (Å²) in [5, 5.41) is 0. The Morgan fingerprint density at radius 2 is 2.35 bits per heavy atom. The van der Waals surface area contributed by atoms with Crippen LogP contribution in [-0.2, 0) is 4.74 Å². The average molecular weight is 232 g/mol. The van der Waals surface area contributed by atoms with Crippen molar-refractivity contribution in [3.8, 4) is 11.5 Å². The normalized spacial score (nSPS) is 10.2. The number of esters is 1. The number of aryl methyl sites for hydroxylation is 1. The van der Waals surface area contributed by atoms with Gasteiger partial charge in [-0.25, -0.2) is 9.78 Å². The highest BCUT2D eigenvalue weighted by atomic mass is 16.5. The lowest BCUT2D eigenvalue weighted by molar-refractivity contribution is 0.0519. The largest absolute Gasteiger partial charge is 0.461 e. The van der Waals surface area contributed by atoms with Crippen molar-refractivity contribution in [1.29, 1.82) is 0 Å². The van der Waals surface area contributed by atoms with Gasteiger partial charge in [-0.2, -0.15) is 0 Å². The van der Waals surface area contributed by atoms with Crippen LogP contribution in [0, 0.1) is 6.92 Å². The minimum atomic E-state index is -0.478. The van der Waals surface area contributed by atoms with Gasteiger partial charge in [-0.1, -0.05) is 0 Å². The summed E-state index contributed by atoms with van der Waals surface area (Å²) in [6, 6.07) is 1.79. The second-order valence-electron chi connectivity index (χ2n) is 3.45. The van der Waals surface area contributed by atoms with Crippen LogP contribution in [0.25, 0.3) is 11.5 Å². The van der Waals surface area contributed by atoms with Crippen molar-refractivity contribution in [1.82, 2.24) is 9.97 Å². The summed E-state index contributed by atoms with van der Waals surface area (Å²) in [6.07, 6.45) is 4.66. The molecule has 0 spiro atoms. The molecule has 0 atom stereocenters. The van der Waals surface area contributed by atoms with Crippen LogP contribution in [-0.4, -0.2) is 22.5 Å². The number of oxazole rings is 1. The maximum Gasteiger partial charge on any atom is 0.360 e. The molecule has 2 heterocycles. The van der Waals surface area contributed by atoms with E-state index in [1.54, 1.807) is 25.4 Å². The maximum absolute atomic E-state index is 11.4. The van der Waals surface area contributed by atoms with Crippen molar-refractivity contribution in [3.05, 3.63) is 36.0 Å². The molecule has 0 saturated carbocycles. The van der Waals surface area contributed by atoms with Crippen molar-refractivity contribution >= 4 is 5.97 Å². The standard InChI is InChI=1S/C12H12N2O3/c1-3-16-12(15)10-7-17-11(14-10)9-4-5-13-6-8(9)2/h4-7H,3H2,1-2H3. The molecule has 0 aliphatic rings. The molecular formula is C12H12N2O3. The van der Waals surface area contributed by atoms with Crippen molar-refractivity contribution < 1.29 is 13.9 Å². The van der Waals surface area contributed by atoms with Gasteiger partial charge in [-0.05, 0) is 25.5 Å². The quantitative estimate of drug-likeness (QED) is 0.759. The third kappa shape index (κ3) is 2.33. The number of aromatic nitrogens is 2. The number of ether oxygens (including phenoxy) is 1. The lowest BCUT2D eigenvalue weighted by atomic mass is 10.1. The third-order valence-corrected chi connectivity index (χ3v) is 2.24. The second kappa shape index (κ2) is 4.78. The first-order valence-corrected chi connectivity index (χ1v) is 5.26. The fraction of sp³-hybridized carbons (Fsp3) is 0.250. The van der Waals surface area contributed by atoms with Gasteiger partial charge >= 0.3 is 5.97 Å². The highest BCUT2D eigenvalue weighted by Gasteiger charge is 2.15. The number of pyridine rings is 1. The second-order valence-corrected chi connectivity index (χ2v) is 3.45. The first kappa shape index (κ1) is 11.3. The number of rotatable bonds is 3. The van der Waals surface area contributed by atoms with Crippen LogP contribution in [0.1, 0.15) is 23.0 Å². The molecule has 5 heteroatoms. The molecule has 0 aliphatic carbocycles. The van der Waals surface area contributed by atoms with Crippen molar-refractivity contribution in [2.75, 3.05) is 6.61 Å². The van der Waals surface area contributed by atoms with E-state index in [1.807, 2.05) is 6.92 Å². The number of carbonyl (C=O) groups excluding carboxylic acids is 1. The van der Waals surface area contributed by atoms with E-state index in [1.165, 1.54) is 6.26 Å². The van der Waals surface area contributed by atoms with E-state index >= 15 is 0 Å². The summed E-state index contributed by atoms with van der Waals surface area (Å²) < 4.78 is 10.1. The summed E-state index contributed by atoms with van der Waals surface area (Å²) in [6.45, 7) is 3.96. The molecule has 2 rings (SSSR count). The van der Waals surface area contributed by atoms with E-state index in [-0.39, 0.29) is 5.69 Å². The molecule has 0 radical (unpaired) electrons. The molecular weight excluding hydrogens is 220 g/mol. The molecule has 0 bridgehead atoms. The highest BCUT2D eigenvalue weighted by molar-refractivity contribution is 5.87. The van der Waals surface area contributed by atoms with Gasteiger partial charge in [0.15, 0.2) is 5.69 Å². The third-order valence-electron chi connectivity index (χ3n) is 2.24. The Kier molecular flexibility index (Phi) is 3.18. The van der Waals surface area contributed by atoms with Gasteiger partial charge in [0.2, 0.25) is 5.89 Å². The first-order valence-electron chi connectivity index (χ1n) is 5.26. The summed E-state index contributed by atoms with van der Waals surface area (Å²) >= 11 is 0. The van der Waals surface area contributed by atoms with Crippen LogP contribution in [0.5, 0.6) is 0 Å². The van der Waals surface area contributed by atoms with Gasteiger partial charge in [-0.15, -0.1) is 0 Å². The molecule has 5 nitrogen and oxygen atoms in total. The fourth-order valence-electron chi connectivity index (χ4n) is 1.41. The van der Waals surface area contributed by atoms with Crippen molar-refractivity contribution in [3.63, 3.8) is 0 Å².